The van der Waals surface area contributed by atoms with E-state index in [0.29, 0.717) is 12.6 Å². The van der Waals surface area contributed by atoms with Gasteiger partial charge in [0.15, 0.2) is 0 Å². The Labute approximate surface area is 102 Å². The van der Waals surface area contributed by atoms with E-state index in [1.54, 1.807) is 20.8 Å². The second-order valence-corrected chi connectivity index (χ2v) is 5.26. The first-order valence-corrected chi connectivity index (χ1v) is 5.99. The maximum Gasteiger partial charge on any atom is 0.312 e. The van der Waals surface area contributed by atoms with Crippen molar-refractivity contribution in [3.63, 3.8) is 0 Å². The number of hydrogen-bond donors (Lipinski definition) is 2. The largest absolute Gasteiger partial charge is 0.469 e. The SMILES string of the molecule is COC(=O)C(C)(C)CNC(C)C(=O)NC1CC1. The summed E-state index contributed by atoms with van der Waals surface area (Å²) in [7, 11) is 1.37. The van der Waals surface area contributed by atoms with Crippen LogP contribution in [0.5, 0.6) is 0 Å². The van der Waals surface area contributed by atoms with Crippen LogP contribution in [0.15, 0.2) is 0 Å². The van der Waals surface area contributed by atoms with Gasteiger partial charge in [-0.2, -0.15) is 0 Å². The summed E-state index contributed by atoms with van der Waals surface area (Å²) < 4.78 is 4.70. The second-order valence-electron chi connectivity index (χ2n) is 5.26. The average molecular weight is 242 g/mol. The molecule has 1 amide bonds. The number of carbonyl (C=O) groups excluding carboxylic acids is 2. The Hall–Kier alpha value is -1.10. The Morgan fingerprint density at radius 1 is 1.41 bits per heavy atom. The van der Waals surface area contributed by atoms with Gasteiger partial charge in [-0.15, -0.1) is 0 Å². The summed E-state index contributed by atoms with van der Waals surface area (Å²) in [4.78, 5) is 23.1. The third-order valence-corrected chi connectivity index (χ3v) is 2.91. The zero-order chi connectivity index (χ0) is 13.1. The van der Waals surface area contributed by atoms with Gasteiger partial charge >= 0.3 is 5.97 Å². The van der Waals surface area contributed by atoms with E-state index >= 15 is 0 Å². The summed E-state index contributed by atoms with van der Waals surface area (Å²) in [5.74, 6) is -0.284. The van der Waals surface area contributed by atoms with Crippen molar-refractivity contribution in [2.75, 3.05) is 13.7 Å². The second kappa shape index (κ2) is 5.49. The quantitative estimate of drug-likeness (QED) is 0.663. The molecule has 17 heavy (non-hydrogen) atoms. The molecule has 1 saturated carbocycles. The Balaban J connectivity index is 2.32. The van der Waals surface area contributed by atoms with Gasteiger partial charge < -0.3 is 15.4 Å². The van der Waals surface area contributed by atoms with E-state index < -0.39 is 5.41 Å². The topological polar surface area (TPSA) is 67.4 Å². The highest BCUT2D eigenvalue weighted by Gasteiger charge is 2.30. The lowest BCUT2D eigenvalue weighted by molar-refractivity contribution is -0.150. The maximum atomic E-state index is 11.7. The molecule has 1 aliphatic carbocycles. The smallest absolute Gasteiger partial charge is 0.312 e. The molecule has 0 aromatic rings. The fourth-order valence-corrected chi connectivity index (χ4v) is 1.40. The van der Waals surface area contributed by atoms with Crippen molar-refractivity contribution in [2.24, 2.45) is 5.41 Å². The molecule has 1 aliphatic rings. The molecule has 98 valence electrons. The van der Waals surface area contributed by atoms with Gasteiger partial charge in [-0.25, -0.2) is 0 Å². The molecule has 0 bridgehead atoms. The van der Waals surface area contributed by atoms with E-state index in [0.717, 1.165) is 12.8 Å². The average Bonchev–Trinajstić information content (AvgIpc) is 3.08. The normalized spacial score (nSPS) is 17.4. The number of rotatable bonds is 6. The van der Waals surface area contributed by atoms with Crippen LogP contribution in [-0.2, 0) is 14.3 Å². The fraction of sp³-hybridized carbons (Fsp3) is 0.833. The molecule has 1 unspecified atom stereocenters. The van der Waals surface area contributed by atoms with Crippen molar-refractivity contribution in [2.45, 2.75) is 45.7 Å². The van der Waals surface area contributed by atoms with E-state index in [4.69, 9.17) is 4.74 Å². The molecule has 0 saturated heterocycles. The van der Waals surface area contributed by atoms with E-state index in [1.807, 2.05) is 0 Å². The van der Waals surface area contributed by atoms with Crippen molar-refractivity contribution >= 4 is 11.9 Å². The van der Waals surface area contributed by atoms with Crippen molar-refractivity contribution < 1.29 is 14.3 Å². The van der Waals surface area contributed by atoms with Gasteiger partial charge in [0, 0.05) is 12.6 Å². The van der Waals surface area contributed by atoms with E-state index in [-0.39, 0.29) is 17.9 Å². The van der Waals surface area contributed by atoms with Gasteiger partial charge in [0.25, 0.3) is 0 Å². The van der Waals surface area contributed by atoms with Crippen LogP contribution in [0.25, 0.3) is 0 Å². The minimum absolute atomic E-state index is 0.00633. The molecule has 0 aliphatic heterocycles. The van der Waals surface area contributed by atoms with Crippen LogP contribution in [0.1, 0.15) is 33.6 Å². The molecule has 0 aromatic heterocycles. The van der Waals surface area contributed by atoms with Gasteiger partial charge in [0.05, 0.1) is 18.6 Å². The highest BCUT2D eigenvalue weighted by molar-refractivity contribution is 5.82. The molecule has 0 spiro atoms. The summed E-state index contributed by atoms with van der Waals surface area (Å²) in [5, 5.41) is 5.97. The van der Waals surface area contributed by atoms with Crippen molar-refractivity contribution in [3.8, 4) is 0 Å². The van der Waals surface area contributed by atoms with Gasteiger partial charge in [-0.05, 0) is 33.6 Å². The molecule has 0 aromatic carbocycles. The van der Waals surface area contributed by atoms with Crippen LogP contribution in [-0.4, -0.2) is 37.6 Å². The third kappa shape index (κ3) is 4.34. The summed E-state index contributed by atoms with van der Waals surface area (Å²) >= 11 is 0. The first kappa shape index (κ1) is 14.0. The van der Waals surface area contributed by atoms with Crippen molar-refractivity contribution in [3.05, 3.63) is 0 Å². The Bertz CT molecular complexity index is 298. The highest BCUT2D eigenvalue weighted by Crippen LogP contribution is 2.19. The zero-order valence-electron chi connectivity index (χ0n) is 11.0. The summed E-state index contributed by atoms with van der Waals surface area (Å²) in [5.41, 5.74) is -0.622. The minimum Gasteiger partial charge on any atom is -0.469 e. The van der Waals surface area contributed by atoms with E-state index in [1.165, 1.54) is 7.11 Å². The molecule has 0 radical (unpaired) electrons. The first-order chi connectivity index (χ1) is 7.86. The molecular formula is C12H22N2O3. The molecular weight excluding hydrogens is 220 g/mol. The summed E-state index contributed by atoms with van der Waals surface area (Å²) in [6, 6.07) is 0.0694. The molecule has 5 nitrogen and oxygen atoms in total. The molecule has 1 fully saturated rings. The number of ether oxygens (including phenoxy) is 1. The molecule has 0 heterocycles. The lowest BCUT2D eigenvalue weighted by atomic mass is 9.93. The number of nitrogens with one attached hydrogen (secondary N) is 2. The van der Waals surface area contributed by atoms with Gasteiger partial charge in [-0.1, -0.05) is 0 Å². The number of amides is 1. The highest BCUT2D eigenvalue weighted by atomic mass is 16.5. The fourth-order valence-electron chi connectivity index (χ4n) is 1.40. The number of esters is 1. The Kier molecular flexibility index (Phi) is 4.51. The monoisotopic (exact) mass is 242 g/mol. The summed E-state index contributed by atoms with van der Waals surface area (Å²) in [6.07, 6.45) is 2.15. The zero-order valence-corrected chi connectivity index (χ0v) is 11.0. The maximum absolute atomic E-state index is 11.7. The van der Waals surface area contributed by atoms with Crippen molar-refractivity contribution in [1.82, 2.24) is 10.6 Å². The first-order valence-electron chi connectivity index (χ1n) is 5.99. The number of hydrogen-bond acceptors (Lipinski definition) is 4. The third-order valence-electron chi connectivity index (χ3n) is 2.91. The Morgan fingerprint density at radius 3 is 2.47 bits per heavy atom. The molecule has 5 heteroatoms. The van der Waals surface area contributed by atoms with E-state index in [2.05, 4.69) is 10.6 Å². The predicted octanol–water partition coefficient (Wildman–Crippen LogP) is 0.442. The predicted molar refractivity (Wildman–Crippen MR) is 64.4 cm³/mol. The Morgan fingerprint density at radius 2 is 2.00 bits per heavy atom. The van der Waals surface area contributed by atoms with Gasteiger partial charge in [0.1, 0.15) is 0 Å². The van der Waals surface area contributed by atoms with Crippen LogP contribution in [0.2, 0.25) is 0 Å². The lowest BCUT2D eigenvalue weighted by Crippen LogP contribution is -2.47. The van der Waals surface area contributed by atoms with Gasteiger partial charge in [-0.3, -0.25) is 9.59 Å². The van der Waals surface area contributed by atoms with E-state index in [9.17, 15) is 9.59 Å². The standard InChI is InChI=1S/C12H22N2O3/c1-8(10(15)14-9-5-6-9)13-7-12(2,3)11(16)17-4/h8-9,13H,5-7H2,1-4H3,(H,14,15). The minimum atomic E-state index is -0.622. The van der Waals surface area contributed by atoms with Crippen LogP contribution in [0.4, 0.5) is 0 Å². The summed E-state index contributed by atoms with van der Waals surface area (Å²) in [6.45, 7) is 5.79. The molecule has 1 atom stereocenters. The number of methoxy groups -OCH3 is 1. The van der Waals surface area contributed by atoms with Crippen molar-refractivity contribution in [1.29, 1.82) is 0 Å². The molecule has 1 rings (SSSR count). The van der Waals surface area contributed by atoms with Crippen LogP contribution < -0.4 is 10.6 Å². The van der Waals surface area contributed by atoms with Crippen LogP contribution in [0.3, 0.4) is 0 Å². The van der Waals surface area contributed by atoms with Crippen LogP contribution in [0, 0.1) is 5.41 Å². The molecule has 2 N–H and O–H groups in total. The van der Waals surface area contributed by atoms with Crippen LogP contribution >= 0.6 is 0 Å². The number of carbonyl (C=O) groups is 2. The lowest BCUT2D eigenvalue weighted by Gasteiger charge is -2.24. The van der Waals surface area contributed by atoms with Gasteiger partial charge in [0.2, 0.25) is 5.91 Å².